The minimum absolute atomic E-state index is 0.191. The van der Waals surface area contributed by atoms with Gasteiger partial charge in [0.2, 0.25) is 11.8 Å². The van der Waals surface area contributed by atoms with E-state index in [2.05, 4.69) is 15.6 Å². The molecule has 0 saturated carbocycles. The monoisotopic (exact) mass is 425 g/mol. The van der Waals surface area contributed by atoms with Crippen molar-refractivity contribution in [3.8, 4) is 11.6 Å². The number of ether oxygens (including phenoxy) is 1. The largest absolute Gasteiger partial charge is 0.439 e. The molecule has 0 aliphatic carbocycles. The molecule has 2 amide bonds. The summed E-state index contributed by atoms with van der Waals surface area (Å²) in [6, 6.07) is 12.0. The van der Waals surface area contributed by atoms with Crippen LogP contribution in [0, 0.1) is 25.5 Å². The Morgan fingerprint density at radius 1 is 1.00 bits per heavy atom. The molecule has 1 aromatic heterocycles. The van der Waals surface area contributed by atoms with E-state index in [0.29, 0.717) is 11.9 Å². The van der Waals surface area contributed by atoms with Crippen LogP contribution in [0.5, 0.6) is 11.6 Å². The number of rotatable bonds is 7. The average molecular weight is 425 g/mol. The molecule has 0 aliphatic heterocycles. The van der Waals surface area contributed by atoms with Crippen LogP contribution >= 0.6 is 0 Å². The molecule has 6 nitrogen and oxygen atoms in total. The molecule has 31 heavy (non-hydrogen) atoms. The van der Waals surface area contributed by atoms with Gasteiger partial charge in [-0.1, -0.05) is 18.2 Å². The van der Waals surface area contributed by atoms with E-state index in [0.717, 1.165) is 34.6 Å². The third-order valence-electron chi connectivity index (χ3n) is 4.43. The van der Waals surface area contributed by atoms with E-state index in [4.69, 9.17) is 4.74 Å². The molecule has 160 valence electrons. The van der Waals surface area contributed by atoms with Crippen LogP contribution in [0.2, 0.25) is 0 Å². The summed E-state index contributed by atoms with van der Waals surface area (Å²) in [7, 11) is 0. The number of nitrogens with zero attached hydrogens (tertiary/aromatic N) is 1. The molecule has 2 aromatic carbocycles. The van der Waals surface area contributed by atoms with Gasteiger partial charge in [-0.3, -0.25) is 9.59 Å². The molecule has 0 unspecified atom stereocenters. The smallest absolute Gasteiger partial charge is 0.254 e. The van der Waals surface area contributed by atoms with Crippen LogP contribution in [0.1, 0.15) is 27.0 Å². The quantitative estimate of drug-likeness (QED) is 0.603. The maximum atomic E-state index is 13.6. The van der Waals surface area contributed by atoms with Crippen LogP contribution in [0.25, 0.3) is 0 Å². The molecule has 0 atom stereocenters. The van der Waals surface area contributed by atoms with Crippen molar-refractivity contribution < 1.29 is 23.1 Å². The van der Waals surface area contributed by atoms with Crippen molar-refractivity contribution in [2.24, 2.45) is 0 Å². The van der Waals surface area contributed by atoms with Gasteiger partial charge in [0.1, 0.15) is 17.4 Å². The van der Waals surface area contributed by atoms with E-state index in [1.807, 2.05) is 32.0 Å². The standard InChI is InChI=1S/C23H21F2N3O3/c1-14-3-4-15(2)20(9-14)31-22-8-5-16(12-27-22)11-26-21(29)13-28-23(30)18-7-6-17(24)10-19(18)25/h3-10,12H,11,13H2,1-2H3,(H,26,29)(H,28,30). The number of aryl methyl sites for hydroxylation is 2. The zero-order chi connectivity index (χ0) is 22.4. The molecule has 0 aliphatic rings. The van der Waals surface area contributed by atoms with Gasteiger partial charge in [-0.05, 0) is 48.7 Å². The second-order valence-corrected chi connectivity index (χ2v) is 6.96. The van der Waals surface area contributed by atoms with Crippen molar-refractivity contribution in [1.82, 2.24) is 15.6 Å². The highest BCUT2D eigenvalue weighted by Crippen LogP contribution is 2.24. The van der Waals surface area contributed by atoms with E-state index in [1.165, 1.54) is 0 Å². The molecule has 0 spiro atoms. The van der Waals surface area contributed by atoms with Crippen molar-refractivity contribution in [3.63, 3.8) is 0 Å². The lowest BCUT2D eigenvalue weighted by Crippen LogP contribution is -2.36. The first-order chi connectivity index (χ1) is 14.8. The van der Waals surface area contributed by atoms with Crippen molar-refractivity contribution in [2.75, 3.05) is 6.54 Å². The summed E-state index contributed by atoms with van der Waals surface area (Å²) in [5, 5.41) is 4.92. The SMILES string of the molecule is Cc1ccc(C)c(Oc2ccc(CNC(=O)CNC(=O)c3ccc(F)cc3F)cn2)c1. The van der Waals surface area contributed by atoms with Crippen LogP contribution in [-0.2, 0) is 11.3 Å². The van der Waals surface area contributed by atoms with Crippen LogP contribution in [0.4, 0.5) is 8.78 Å². The molecule has 3 aromatic rings. The van der Waals surface area contributed by atoms with Gasteiger partial charge in [-0.15, -0.1) is 0 Å². The minimum atomic E-state index is -0.993. The minimum Gasteiger partial charge on any atom is -0.439 e. The Hall–Kier alpha value is -3.81. The van der Waals surface area contributed by atoms with E-state index in [1.54, 1.807) is 18.3 Å². The van der Waals surface area contributed by atoms with Crippen molar-refractivity contribution in [2.45, 2.75) is 20.4 Å². The third kappa shape index (κ3) is 6.08. The van der Waals surface area contributed by atoms with Gasteiger partial charge in [-0.25, -0.2) is 13.8 Å². The number of carbonyl (C=O) groups excluding carboxylic acids is 2. The fourth-order valence-corrected chi connectivity index (χ4v) is 2.70. The van der Waals surface area contributed by atoms with E-state index < -0.39 is 23.4 Å². The van der Waals surface area contributed by atoms with Gasteiger partial charge in [0.25, 0.3) is 5.91 Å². The molecule has 2 N–H and O–H groups in total. The molecule has 0 bridgehead atoms. The van der Waals surface area contributed by atoms with Crippen LogP contribution in [0.15, 0.2) is 54.7 Å². The number of nitrogens with one attached hydrogen (secondary N) is 2. The van der Waals surface area contributed by atoms with Crippen molar-refractivity contribution >= 4 is 11.8 Å². The van der Waals surface area contributed by atoms with E-state index >= 15 is 0 Å². The summed E-state index contributed by atoms with van der Waals surface area (Å²) in [5.74, 6) is -1.90. The highest BCUT2D eigenvalue weighted by molar-refractivity contribution is 5.96. The zero-order valence-electron chi connectivity index (χ0n) is 17.0. The topological polar surface area (TPSA) is 80.3 Å². The number of amides is 2. The number of hydrogen-bond acceptors (Lipinski definition) is 4. The first-order valence-corrected chi connectivity index (χ1v) is 9.52. The third-order valence-corrected chi connectivity index (χ3v) is 4.43. The van der Waals surface area contributed by atoms with Crippen molar-refractivity contribution in [3.05, 3.63) is 88.6 Å². The van der Waals surface area contributed by atoms with E-state index in [-0.39, 0.29) is 18.7 Å². The Morgan fingerprint density at radius 2 is 1.81 bits per heavy atom. The lowest BCUT2D eigenvalue weighted by Gasteiger charge is -2.10. The fraction of sp³-hybridized carbons (Fsp3) is 0.174. The molecule has 0 saturated heterocycles. The predicted octanol–water partition coefficient (Wildman–Crippen LogP) is 3.82. The van der Waals surface area contributed by atoms with Gasteiger partial charge in [0, 0.05) is 24.9 Å². The molecule has 3 rings (SSSR count). The van der Waals surface area contributed by atoms with Crippen LogP contribution < -0.4 is 15.4 Å². The summed E-state index contributed by atoms with van der Waals surface area (Å²) in [6.07, 6.45) is 1.58. The normalized spacial score (nSPS) is 10.5. The number of carbonyl (C=O) groups is 2. The summed E-state index contributed by atoms with van der Waals surface area (Å²) in [4.78, 5) is 28.1. The summed E-state index contributed by atoms with van der Waals surface area (Å²) >= 11 is 0. The maximum Gasteiger partial charge on any atom is 0.254 e. The summed E-state index contributed by atoms with van der Waals surface area (Å²) in [5.41, 5.74) is 2.47. The highest BCUT2D eigenvalue weighted by Gasteiger charge is 2.13. The maximum absolute atomic E-state index is 13.6. The predicted molar refractivity (Wildman–Crippen MR) is 111 cm³/mol. The molecule has 1 heterocycles. The number of halogens is 2. The lowest BCUT2D eigenvalue weighted by molar-refractivity contribution is -0.120. The number of pyridine rings is 1. The lowest BCUT2D eigenvalue weighted by atomic mass is 10.1. The van der Waals surface area contributed by atoms with Gasteiger partial charge in [0.15, 0.2) is 0 Å². The molecular formula is C23H21F2N3O3. The first kappa shape index (κ1) is 21.9. The van der Waals surface area contributed by atoms with Crippen molar-refractivity contribution in [1.29, 1.82) is 0 Å². The Balaban J connectivity index is 1.48. The fourth-order valence-electron chi connectivity index (χ4n) is 2.70. The number of hydrogen-bond donors (Lipinski definition) is 2. The van der Waals surface area contributed by atoms with Crippen LogP contribution in [0.3, 0.4) is 0 Å². The van der Waals surface area contributed by atoms with Crippen LogP contribution in [-0.4, -0.2) is 23.3 Å². The Morgan fingerprint density at radius 3 is 2.52 bits per heavy atom. The number of aromatic nitrogens is 1. The second-order valence-electron chi connectivity index (χ2n) is 6.96. The number of benzene rings is 2. The Labute approximate surface area is 178 Å². The first-order valence-electron chi connectivity index (χ1n) is 9.52. The zero-order valence-corrected chi connectivity index (χ0v) is 17.0. The Bertz CT molecular complexity index is 1100. The molecule has 8 heteroatoms. The van der Waals surface area contributed by atoms with Gasteiger partial charge in [0.05, 0.1) is 12.1 Å². The van der Waals surface area contributed by atoms with Gasteiger partial charge < -0.3 is 15.4 Å². The highest BCUT2D eigenvalue weighted by atomic mass is 19.1. The Kier molecular flexibility index (Phi) is 6.92. The summed E-state index contributed by atoms with van der Waals surface area (Å²) in [6.45, 7) is 3.76. The van der Waals surface area contributed by atoms with Gasteiger partial charge in [-0.2, -0.15) is 0 Å². The summed E-state index contributed by atoms with van der Waals surface area (Å²) < 4.78 is 32.3. The molecule has 0 fully saturated rings. The molecular weight excluding hydrogens is 404 g/mol. The average Bonchev–Trinajstić information content (AvgIpc) is 2.74. The van der Waals surface area contributed by atoms with E-state index in [9.17, 15) is 18.4 Å². The molecule has 0 radical (unpaired) electrons. The second kappa shape index (κ2) is 9.80. The van der Waals surface area contributed by atoms with Gasteiger partial charge >= 0.3 is 0 Å².